The lowest BCUT2D eigenvalue weighted by Gasteiger charge is -2.25. The predicted octanol–water partition coefficient (Wildman–Crippen LogP) is 2.54. The molecule has 170 valence electrons. The van der Waals surface area contributed by atoms with Gasteiger partial charge in [-0.15, -0.1) is 24.0 Å². The van der Waals surface area contributed by atoms with E-state index in [1.165, 1.54) is 25.5 Å². The highest BCUT2D eigenvalue weighted by molar-refractivity contribution is 14.0. The number of nitrogens with zero attached hydrogens (tertiary/aromatic N) is 2. The lowest BCUT2D eigenvalue weighted by molar-refractivity contribution is 0.245. The van der Waals surface area contributed by atoms with Gasteiger partial charge in [-0.1, -0.05) is 42.5 Å². The summed E-state index contributed by atoms with van der Waals surface area (Å²) in [5.41, 5.74) is 2.33. The molecule has 0 aromatic heterocycles. The largest absolute Gasteiger partial charge is 0.355 e. The summed E-state index contributed by atoms with van der Waals surface area (Å²) >= 11 is 0. The second-order valence-electron chi connectivity index (χ2n) is 7.41. The van der Waals surface area contributed by atoms with Crippen molar-refractivity contribution in [3.8, 4) is 0 Å². The number of guanidine groups is 1. The van der Waals surface area contributed by atoms with Crippen LogP contribution in [0.25, 0.3) is 0 Å². The summed E-state index contributed by atoms with van der Waals surface area (Å²) in [7, 11) is -0.241. The van der Waals surface area contributed by atoms with Gasteiger partial charge in [0.05, 0.1) is 4.90 Å². The zero-order valence-electron chi connectivity index (χ0n) is 18.0. The molecule has 9 heteroatoms. The van der Waals surface area contributed by atoms with Crippen molar-refractivity contribution in [3.05, 3.63) is 65.7 Å². The highest BCUT2D eigenvalue weighted by Gasteiger charge is 2.24. The molecule has 1 unspecified atom stereocenters. The molecule has 0 radical (unpaired) electrons. The van der Waals surface area contributed by atoms with Crippen LogP contribution in [-0.2, 0) is 23.1 Å². The van der Waals surface area contributed by atoms with Gasteiger partial charge < -0.3 is 10.6 Å². The molecule has 7 nitrogen and oxygen atoms in total. The number of hydrogen-bond acceptors (Lipinski definition) is 4. The first-order chi connectivity index (χ1) is 14.5. The fourth-order valence-corrected chi connectivity index (χ4v) is 4.41. The molecule has 2 aromatic rings. The summed E-state index contributed by atoms with van der Waals surface area (Å²) in [6, 6.07) is 17.9. The Morgan fingerprint density at radius 2 is 1.77 bits per heavy atom. The number of rotatable bonds is 8. The average Bonchev–Trinajstić information content (AvgIpc) is 3.21. The van der Waals surface area contributed by atoms with Crippen LogP contribution in [0.1, 0.15) is 24.0 Å². The molecule has 1 heterocycles. The fraction of sp³-hybridized carbons (Fsp3) is 0.409. The molecule has 0 bridgehead atoms. The van der Waals surface area contributed by atoms with Gasteiger partial charge in [0.25, 0.3) is 0 Å². The molecule has 2 aromatic carbocycles. The minimum absolute atomic E-state index is 0. The van der Waals surface area contributed by atoms with Crippen molar-refractivity contribution in [2.45, 2.75) is 36.9 Å². The van der Waals surface area contributed by atoms with Gasteiger partial charge in [0.2, 0.25) is 10.0 Å². The Bertz CT molecular complexity index is 936. The molecule has 3 N–H and O–H groups in total. The molecule has 1 aliphatic heterocycles. The molecule has 1 aliphatic rings. The smallest absolute Gasteiger partial charge is 0.240 e. The van der Waals surface area contributed by atoms with Crippen molar-refractivity contribution in [1.82, 2.24) is 20.3 Å². The summed E-state index contributed by atoms with van der Waals surface area (Å²) in [5, 5.41) is 6.74. The molecular weight excluding hydrogens is 525 g/mol. The number of likely N-dealkylation sites (tertiary alicyclic amines) is 1. The third-order valence-corrected chi connectivity index (χ3v) is 6.85. The van der Waals surface area contributed by atoms with Crippen LogP contribution in [-0.4, -0.2) is 52.5 Å². The number of sulfonamides is 1. The summed E-state index contributed by atoms with van der Waals surface area (Å²) in [4.78, 5) is 7.10. The number of aliphatic imine (C=N–C) groups is 1. The van der Waals surface area contributed by atoms with Crippen LogP contribution >= 0.6 is 24.0 Å². The molecule has 0 saturated carbocycles. The highest BCUT2D eigenvalue weighted by atomic mass is 127. The zero-order chi connectivity index (χ0) is 21.4. The van der Waals surface area contributed by atoms with Crippen LogP contribution in [0.5, 0.6) is 0 Å². The van der Waals surface area contributed by atoms with Crippen molar-refractivity contribution >= 4 is 40.0 Å². The van der Waals surface area contributed by atoms with E-state index in [1.807, 2.05) is 12.1 Å². The van der Waals surface area contributed by atoms with Gasteiger partial charge in [-0.3, -0.25) is 9.89 Å². The van der Waals surface area contributed by atoms with Crippen LogP contribution in [0.4, 0.5) is 0 Å². The first-order valence-corrected chi connectivity index (χ1v) is 11.7. The second-order valence-corrected chi connectivity index (χ2v) is 9.30. The van der Waals surface area contributed by atoms with E-state index in [9.17, 15) is 8.42 Å². The van der Waals surface area contributed by atoms with Crippen molar-refractivity contribution < 1.29 is 8.42 Å². The average molecular weight is 558 g/mol. The van der Waals surface area contributed by atoms with Crippen LogP contribution in [0.3, 0.4) is 0 Å². The van der Waals surface area contributed by atoms with Gasteiger partial charge >= 0.3 is 0 Å². The van der Waals surface area contributed by atoms with Crippen LogP contribution in [0.2, 0.25) is 0 Å². The van der Waals surface area contributed by atoms with Gasteiger partial charge in [-0.2, -0.15) is 0 Å². The van der Waals surface area contributed by atoms with E-state index >= 15 is 0 Å². The Balaban J connectivity index is 0.00000341. The molecule has 1 saturated heterocycles. The minimum Gasteiger partial charge on any atom is -0.355 e. The van der Waals surface area contributed by atoms with E-state index < -0.39 is 10.0 Å². The molecule has 0 amide bonds. The maximum atomic E-state index is 11.8. The van der Waals surface area contributed by atoms with Gasteiger partial charge in [0, 0.05) is 32.7 Å². The van der Waals surface area contributed by atoms with Crippen molar-refractivity contribution in [3.63, 3.8) is 0 Å². The number of halogens is 1. The third-order valence-electron chi connectivity index (χ3n) is 5.42. The number of hydrogen-bond donors (Lipinski definition) is 3. The molecular formula is C22H32IN5O2S. The Kier molecular flexibility index (Phi) is 10.2. The monoisotopic (exact) mass is 557 g/mol. The standard InChI is InChI=1S/C22H31N5O2S.HI/c1-23-22(25-15-18-10-12-21(13-11-18)30(28,29)24-2)26-16-20-9-6-14-27(20)17-19-7-4-3-5-8-19;/h3-5,7-8,10-13,20,24H,6,9,14-17H2,1-2H3,(H2,23,25,26);1H. The molecule has 0 aliphatic carbocycles. The van der Waals surface area contributed by atoms with Gasteiger partial charge in [-0.05, 0) is 49.7 Å². The highest BCUT2D eigenvalue weighted by Crippen LogP contribution is 2.19. The molecule has 1 atom stereocenters. The predicted molar refractivity (Wildman–Crippen MR) is 136 cm³/mol. The Hall–Kier alpha value is -1.69. The lowest BCUT2D eigenvalue weighted by atomic mass is 10.2. The molecule has 3 rings (SSSR count). The van der Waals surface area contributed by atoms with E-state index in [4.69, 9.17) is 0 Å². The second kappa shape index (κ2) is 12.4. The first kappa shape index (κ1) is 25.6. The molecule has 0 spiro atoms. The quantitative estimate of drug-likeness (QED) is 0.264. The van der Waals surface area contributed by atoms with E-state index in [1.54, 1.807) is 19.2 Å². The van der Waals surface area contributed by atoms with Gasteiger partial charge in [-0.25, -0.2) is 13.1 Å². The number of nitrogens with one attached hydrogen (secondary N) is 3. The SMILES string of the molecule is CN=C(NCc1ccc(S(=O)(=O)NC)cc1)NCC1CCCN1Cc1ccccc1.I. The Labute approximate surface area is 202 Å². The molecule has 1 fully saturated rings. The maximum absolute atomic E-state index is 11.8. The van der Waals surface area contributed by atoms with E-state index in [0.717, 1.165) is 31.2 Å². The summed E-state index contributed by atoms with van der Waals surface area (Å²) < 4.78 is 26.0. The van der Waals surface area contributed by atoms with Gasteiger partial charge in [0.1, 0.15) is 0 Å². The Morgan fingerprint density at radius 1 is 1.06 bits per heavy atom. The van der Waals surface area contributed by atoms with Crippen molar-refractivity contribution in [2.75, 3.05) is 27.2 Å². The van der Waals surface area contributed by atoms with Crippen molar-refractivity contribution in [1.29, 1.82) is 0 Å². The summed E-state index contributed by atoms with van der Waals surface area (Å²) in [6.45, 7) is 3.50. The van der Waals surface area contributed by atoms with Gasteiger partial charge in [0.15, 0.2) is 5.96 Å². The fourth-order valence-electron chi connectivity index (χ4n) is 3.68. The number of benzene rings is 2. The van der Waals surface area contributed by atoms with E-state index in [0.29, 0.717) is 12.6 Å². The topological polar surface area (TPSA) is 85.8 Å². The Morgan fingerprint density at radius 3 is 2.42 bits per heavy atom. The normalized spacial score (nSPS) is 17.2. The first-order valence-electron chi connectivity index (χ1n) is 10.3. The zero-order valence-corrected chi connectivity index (χ0v) is 21.2. The lowest BCUT2D eigenvalue weighted by Crippen LogP contribution is -2.44. The van der Waals surface area contributed by atoms with Crippen LogP contribution in [0.15, 0.2) is 64.5 Å². The van der Waals surface area contributed by atoms with E-state index in [-0.39, 0.29) is 28.9 Å². The van der Waals surface area contributed by atoms with Crippen LogP contribution in [0, 0.1) is 0 Å². The minimum atomic E-state index is -3.41. The van der Waals surface area contributed by atoms with E-state index in [2.05, 4.69) is 55.6 Å². The van der Waals surface area contributed by atoms with Crippen LogP contribution < -0.4 is 15.4 Å². The van der Waals surface area contributed by atoms with Crippen molar-refractivity contribution in [2.24, 2.45) is 4.99 Å². The maximum Gasteiger partial charge on any atom is 0.240 e. The molecule has 31 heavy (non-hydrogen) atoms. The summed E-state index contributed by atoms with van der Waals surface area (Å²) in [6.07, 6.45) is 2.39. The third kappa shape index (κ3) is 7.44. The summed E-state index contributed by atoms with van der Waals surface area (Å²) in [5.74, 6) is 0.744.